The molecule has 0 amide bonds. The number of hydrogen-bond donors (Lipinski definition) is 1. The predicted octanol–water partition coefficient (Wildman–Crippen LogP) is 0.460. The van der Waals surface area contributed by atoms with Crippen LogP contribution in [0.5, 0.6) is 0 Å². The largest absolute Gasteiger partial charge is 0.294 e. The Labute approximate surface area is 53.2 Å². The number of hydrogen-bond acceptors (Lipinski definition) is 3. The Morgan fingerprint density at radius 1 is 1.78 bits per heavy atom. The summed E-state index contributed by atoms with van der Waals surface area (Å²) in [5.41, 5.74) is 0.0995. The molecule has 9 heavy (non-hydrogen) atoms. The molecule has 0 aromatic carbocycles. The Morgan fingerprint density at radius 2 is 2.56 bits per heavy atom. The van der Waals surface area contributed by atoms with Crippen molar-refractivity contribution in [2.75, 3.05) is 0 Å². The first-order valence-corrected chi connectivity index (χ1v) is 2.81. The minimum Gasteiger partial charge on any atom is -0.265 e. The Morgan fingerprint density at radius 3 is 3.00 bits per heavy atom. The number of nitrogens with zero attached hydrogens (tertiary/aromatic N) is 2. The van der Waals surface area contributed by atoms with E-state index in [0.717, 1.165) is 0 Å². The first-order chi connectivity index (χ1) is 4.34. The lowest BCUT2D eigenvalue weighted by Crippen LogP contribution is -2.04. The molecule has 1 rings (SSSR count). The number of nitrogens with one attached hydrogen (secondary N) is 1. The van der Waals surface area contributed by atoms with Gasteiger partial charge < -0.3 is 0 Å². The maximum absolute atomic E-state index is 10.6. The number of rotatable bonds is 1. The number of H-pyrrole nitrogens is 1. The van der Waals surface area contributed by atoms with Gasteiger partial charge in [-0.1, -0.05) is 4.74 Å². The maximum atomic E-state index is 10.6. The predicted molar refractivity (Wildman–Crippen MR) is 36.7 cm³/mol. The van der Waals surface area contributed by atoms with Crippen LogP contribution in [0.15, 0.2) is 21.8 Å². The zero-order valence-corrected chi connectivity index (χ0v) is 5.69. The Kier molecular flexibility index (Phi) is 1.70. The highest BCUT2D eigenvalue weighted by Crippen LogP contribution is 2.00. The third-order valence-corrected chi connectivity index (χ3v) is 1.12. The van der Waals surface area contributed by atoms with Crippen LogP contribution < -0.4 is 5.56 Å². The first kappa shape index (κ1) is 6.11. The van der Waals surface area contributed by atoms with Crippen molar-refractivity contribution < 1.29 is 0 Å². The van der Waals surface area contributed by atoms with Crippen molar-refractivity contribution >= 4 is 14.7 Å². The van der Waals surface area contributed by atoms with Gasteiger partial charge in [-0.3, -0.25) is 4.79 Å². The first-order valence-electron chi connectivity index (χ1n) is 2.29. The standard InChI is InChI=1S/C4H4N3OP/c8-4-3(7-9)1-2-5-6-4/h1-2,9H,(H,6,8)/p+1. The van der Waals surface area contributed by atoms with E-state index in [1.807, 2.05) is 0 Å². The molecule has 0 fully saturated rings. The molecule has 46 valence electrons. The van der Waals surface area contributed by atoms with E-state index in [9.17, 15) is 4.79 Å². The smallest absolute Gasteiger partial charge is 0.265 e. The van der Waals surface area contributed by atoms with Crippen LogP contribution in [0.1, 0.15) is 0 Å². The molecule has 1 aromatic heterocycles. The lowest BCUT2D eigenvalue weighted by molar-refractivity contribution is 0.988. The lowest BCUT2D eigenvalue weighted by Gasteiger charge is -1.80. The molecule has 0 spiro atoms. The van der Waals surface area contributed by atoms with Crippen molar-refractivity contribution in [2.45, 2.75) is 0 Å². The third-order valence-electron chi connectivity index (χ3n) is 0.845. The summed E-state index contributed by atoms with van der Waals surface area (Å²) < 4.78 is 3.60. The highest BCUT2D eigenvalue weighted by atomic mass is 31.0. The normalized spacial score (nSPS) is 8.89. The van der Waals surface area contributed by atoms with Crippen molar-refractivity contribution in [1.82, 2.24) is 10.2 Å². The van der Waals surface area contributed by atoms with E-state index in [1.54, 1.807) is 0 Å². The number of aromatic nitrogens is 2. The SMILES string of the molecule is O=c1[nH]nccc1N=[PH2+]. The molecular formula is C4H5N3OP+. The molecule has 1 N–H and O–H groups in total. The average molecular weight is 142 g/mol. The summed E-state index contributed by atoms with van der Waals surface area (Å²) in [5.74, 6) is 0. The molecule has 0 aliphatic rings. The third kappa shape index (κ3) is 1.21. The average Bonchev–Trinajstić information content (AvgIpc) is 1.89. The van der Waals surface area contributed by atoms with Crippen LogP contribution in [-0.2, 0) is 0 Å². The molecule has 0 radical (unpaired) electrons. The summed E-state index contributed by atoms with van der Waals surface area (Å²) in [5, 5.41) is 5.72. The zero-order chi connectivity index (χ0) is 6.69. The van der Waals surface area contributed by atoms with Crippen molar-refractivity contribution in [3.63, 3.8) is 0 Å². The quantitative estimate of drug-likeness (QED) is 0.579. The van der Waals surface area contributed by atoms with Crippen LogP contribution >= 0.6 is 9.03 Å². The van der Waals surface area contributed by atoms with Crippen LogP contribution in [0.3, 0.4) is 0 Å². The van der Waals surface area contributed by atoms with Gasteiger partial charge in [-0.2, -0.15) is 5.10 Å². The minimum absolute atomic E-state index is 0.271. The van der Waals surface area contributed by atoms with Crippen LogP contribution in [-0.4, -0.2) is 10.2 Å². The van der Waals surface area contributed by atoms with E-state index in [-0.39, 0.29) is 5.56 Å². The summed E-state index contributed by atoms with van der Waals surface area (Å²) in [6.45, 7) is 0. The van der Waals surface area contributed by atoms with Gasteiger partial charge in [0.25, 0.3) is 5.56 Å². The molecule has 1 heterocycles. The van der Waals surface area contributed by atoms with E-state index in [4.69, 9.17) is 0 Å². The molecule has 0 aliphatic carbocycles. The molecule has 0 saturated heterocycles. The van der Waals surface area contributed by atoms with E-state index in [1.165, 1.54) is 12.3 Å². The van der Waals surface area contributed by atoms with Crippen molar-refractivity contribution in [3.05, 3.63) is 22.6 Å². The zero-order valence-electron chi connectivity index (χ0n) is 4.53. The Balaban J connectivity index is 3.32. The Bertz CT molecular complexity index is 269. The lowest BCUT2D eigenvalue weighted by atomic mass is 10.5. The molecule has 0 saturated carbocycles. The van der Waals surface area contributed by atoms with Crippen molar-refractivity contribution in [3.8, 4) is 0 Å². The summed E-state index contributed by atoms with van der Waals surface area (Å²) in [4.78, 5) is 10.6. The van der Waals surface area contributed by atoms with Crippen LogP contribution in [0, 0.1) is 0 Å². The molecule has 5 heteroatoms. The second kappa shape index (κ2) is 2.51. The van der Waals surface area contributed by atoms with Gasteiger partial charge in [-0.25, -0.2) is 5.10 Å². The van der Waals surface area contributed by atoms with Gasteiger partial charge in [-0.15, -0.1) is 0 Å². The van der Waals surface area contributed by atoms with Crippen molar-refractivity contribution in [1.29, 1.82) is 0 Å². The Hall–Kier alpha value is -1.02. The van der Waals surface area contributed by atoms with Gasteiger partial charge in [0.15, 0.2) is 14.7 Å². The van der Waals surface area contributed by atoms with Gasteiger partial charge in [-0.05, 0) is 6.07 Å². The molecule has 1 unspecified atom stereocenters. The molecule has 0 aliphatic heterocycles. The molecule has 4 nitrogen and oxygen atoms in total. The fourth-order valence-corrected chi connectivity index (χ4v) is 0.642. The second-order valence-corrected chi connectivity index (χ2v) is 1.66. The number of aromatic amines is 1. The van der Waals surface area contributed by atoms with Gasteiger partial charge >= 0.3 is 0 Å². The summed E-state index contributed by atoms with van der Waals surface area (Å²) in [6.07, 6.45) is 1.48. The van der Waals surface area contributed by atoms with Crippen LogP contribution in [0.4, 0.5) is 5.69 Å². The highest BCUT2D eigenvalue weighted by Gasteiger charge is 1.93. The molecular weight excluding hydrogens is 137 g/mol. The van der Waals surface area contributed by atoms with Crippen LogP contribution in [0.25, 0.3) is 0 Å². The highest BCUT2D eigenvalue weighted by molar-refractivity contribution is 7.04. The summed E-state index contributed by atoms with van der Waals surface area (Å²) in [6, 6.07) is 1.53. The van der Waals surface area contributed by atoms with Gasteiger partial charge in [0, 0.05) is 6.20 Å². The fourth-order valence-electron chi connectivity index (χ4n) is 0.438. The summed E-state index contributed by atoms with van der Waals surface area (Å²) in [7, 11) is 2.10. The van der Waals surface area contributed by atoms with E-state index < -0.39 is 0 Å². The van der Waals surface area contributed by atoms with E-state index in [2.05, 4.69) is 24.0 Å². The van der Waals surface area contributed by atoms with Gasteiger partial charge in [0.05, 0.1) is 0 Å². The topological polar surface area (TPSA) is 58.1 Å². The summed E-state index contributed by atoms with van der Waals surface area (Å²) >= 11 is 0. The maximum Gasteiger partial charge on any atom is 0.294 e. The van der Waals surface area contributed by atoms with Gasteiger partial charge in [0.2, 0.25) is 0 Å². The molecule has 1 aromatic rings. The monoisotopic (exact) mass is 142 g/mol. The van der Waals surface area contributed by atoms with Crippen molar-refractivity contribution in [2.24, 2.45) is 4.74 Å². The second-order valence-electron chi connectivity index (χ2n) is 1.40. The van der Waals surface area contributed by atoms with E-state index in [0.29, 0.717) is 5.69 Å². The van der Waals surface area contributed by atoms with Gasteiger partial charge in [0.1, 0.15) is 0 Å². The van der Waals surface area contributed by atoms with Crippen LogP contribution in [0.2, 0.25) is 0 Å². The van der Waals surface area contributed by atoms with E-state index >= 15 is 0 Å². The fraction of sp³-hybridized carbons (Fsp3) is 0. The minimum atomic E-state index is -0.271. The molecule has 0 bridgehead atoms. The molecule has 1 atom stereocenters.